The van der Waals surface area contributed by atoms with E-state index >= 15 is 0 Å². The summed E-state index contributed by atoms with van der Waals surface area (Å²) in [7, 11) is 1.55. The van der Waals surface area contributed by atoms with Gasteiger partial charge in [-0.05, 0) is 32.6 Å². The Morgan fingerprint density at radius 3 is 2.05 bits per heavy atom. The molecule has 2 amide bonds. The summed E-state index contributed by atoms with van der Waals surface area (Å²) in [6.45, 7) is 12.4. The Labute approximate surface area is 116 Å². The first-order valence-electron chi connectivity index (χ1n) is 6.61. The van der Waals surface area contributed by atoms with Crippen LogP contribution < -0.4 is 5.32 Å². The van der Waals surface area contributed by atoms with Crippen LogP contribution in [0, 0.1) is 5.41 Å². The number of nitrogens with one attached hydrogen (secondary N) is 1. The van der Waals surface area contributed by atoms with Gasteiger partial charge in [-0.15, -0.1) is 0 Å². The maximum absolute atomic E-state index is 11.7. The molecule has 0 fully saturated rings. The Bertz CT molecular complexity index is 314. The Morgan fingerprint density at radius 1 is 1.11 bits per heavy atom. The number of likely N-dealkylation sites (N-methyl/N-ethyl adjacent to an activating group) is 1. The van der Waals surface area contributed by atoms with Gasteiger partial charge in [-0.2, -0.15) is 0 Å². The topological polar surface area (TPSA) is 58.6 Å². The number of amides is 2. The van der Waals surface area contributed by atoms with Crippen LogP contribution in [0.2, 0.25) is 0 Å². The molecule has 0 aromatic carbocycles. The van der Waals surface area contributed by atoms with Crippen LogP contribution in [-0.2, 0) is 9.53 Å². The minimum atomic E-state index is -0.548. The monoisotopic (exact) mass is 272 g/mol. The normalized spacial score (nSPS) is 11.9. The number of rotatable bonds is 4. The van der Waals surface area contributed by atoms with E-state index in [0.717, 1.165) is 6.42 Å². The number of hydrogen-bond acceptors (Lipinski definition) is 3. The molecule has 0 radical (unpaired) electrons. The first-order chi connectivity index (χ1) is 8.41. The highest BCUT2D eigenvalue weighted by atomic mass is 16.6. The van der Waals surface area contributed by atoms with E-state index in [1.165, 1.54) is 4.90 Å². The highest BCUT2D eigenvalue weighted by Gasteiger charge is 2.21. The molecular weight excluding hydrogens is 244 g/mol. The van der Waals surface area contributed by atoms with Crippen LogP contribution >= 0.6 is 0 Å². The van der Waals surface area contributed by atoms with E-state index in [1.54, 1.807) is 27.8 Å². The van der Waals surface area contributed by atoms with E-state index in [2.05, 4.69) is 26.1 Å². The molecular formula is C14H28N2O3. The van der Waals surface area contributed by atoms with Crippen LogP contribution in [0.25, 0.3) is 0 Å². The van der Waals surface area contributed by atoms with Crippen LogP contribution in [-0.4, -0.2) is 42.6 Å². The van der Waals surface area contributed by atoms with Gasteiger partial charge in [0, 0.05) is 13.6 Å². The van der Waals surface area contributed by atoms with Crippen molar-refractivity contribution in [3.8, 4) is 0 Å². The molecule has 0 aromatic heterocycles. The van der Waals surface area contributed by atoms with Gasteiger partial charge in [0.1, 0.15) is 12.1 Å². The number of carbonyl (C=O) groups is 2. The lowest BCUT2D eigenvalue weighted by Crippen LogP contribution is -2.41. The second-order valence-electron chi connectivity index (χ2n) is 7.00. The maximum atomic E-state index is 11.7. The van der Waals surface area contributed by atoms with Crippen molar-refractivity contribution in [1.29, 1.82) is 0 Å². The number of ether oxygens (including phenoxy) is 1. The number of hydrogen-bond donors (Lipinski definition) is 1. The van der Waals surface area contributed by atoms with Crippen molar-refractivity contribution < 1.29 is 14.3 Å². The molecule has 1 N–H and O–H groups in total. The summed E-state index contributed by atoms with van der Waals surface area (Å²) in [6.07, 6.45) is 0.410. The molecule has 0 heterocycles. The molecule has 0 rings (SSSR count). The van der Waals surface area contributed by atoms with Crippen molar-refractivity contribution in [2.45, 2.75) is 53.6 Å². The molecule has 0 bridgehead atoms. The largest absolute Gasteiger partial charge is 0.444 e. The van der Waals surface area contributed by atoms with Crippen LogP contribution in [0.3, 0.4) is 0 Å². The molecule has 112 valence electrons. The van der Waals surface area contributed by atoms with Crippen LogP contribution in [0.5, 0.6) is 0 Å². The number of nitrogens with zero attached hydrogens (tertiary/aromatic N) is 1. The van der Waals surface area contributed by atoms with Gasteiger partial charge in [0.05, 0.1) is 0 Å². The van der Waals surface area contributed by atoms with Crippen LogP contribution in [0.15, 0.2) is 0 Å². The van der Waals surface area contributed by atoms with Crippen molar-refractivity contribution in [1.82, 2.24) is 10.2 Å². The minimum absolute atomic E-state index is 0.0130. The lowest BCUT2D eigenvalue weighted by atomic mass is 9.92. The van der Waals surface area contributed by atoms with Crippen LogP contribution in [0.4, 0.5) is 4.79 Å². The molecule has 0 aliphatic heterocycles. The molecule has 5 heteroatoms. The predicted molar refractivity (Wildman–Crippen MR) is 75.9 cm³/mol. The van der Waals surface area contributed by atoms with Gasteiger partial charge in [0.15, 0.2) is 0 Å². The van der Waals surface area contributed by atoms with Crippen molar-refractivity contribution in [3.05, 3.63) is 0 Å². The molecule has 0 aromatic rings. The fraction of sp³-hybridized carbons (Fsp3) is 0.857. The smallest absolute Gasteiger partial charge is 0.410 e. The molecule has 0 aliphatic rings. The third-order valence-corrected chi connectivity index (χ3v) is 2.28. The van der Waals surface area contributed by atoms with Crippen LogP contribution in [0.1, 0.15) is 48.0 Å². The highest BCUT2D eigenvalue weighted by Crippen LogP contribution is 2.16. The van der Waals surface area contributed by atoms with Gasteiger partial charge in [-0.25, -0.2) is 4.79 Å². The Morgan fingerprint density at radius 2 is 1.63 bits per heavy atom. The fourth-order valence-electron chi connectivity index (χ4n) is 1.25. The summed E-state index contributed by atoms with van der Waals surface area (Å²) in [5.41, 5.74) is -0.363. The second-order valence-corrected chi connectivity index (χ2v) is 7.00. The third-order valence-electron chi connectivity index (χ3n) is 2.28. The van der Waals surface area contributed by atoms with E-state index in [4.69, 9.17) is 4.74 Å². The van der Waals surface area contributed by atoms with Gasteiger partial charge in [0.2, 0.25) is 5.91 Å². The average molecular weight is 272 g/mol. The maximum Gasteiger partial charge on any atom is 0.410 e. The molecule has 0 saturated carbocycles. The van der Waals surface area contributed by atoms with Gasteiger partial charge in [-0.3, -0.25) is 4.79 Å². The molecule has 0 unspecified atom stereocenters. The van der Waals surface area contributed by atoms with Crippen molar-refractivity contribution in [3.63, 3.8) is 0 Å². The Hall–Kier alpha value is -1.26. The quantitative estimate of drug-likeness (QED) is 0.855. The second kappa shape index (κ2) is 6.78. The first-order valence-corrected chi connectivity index (χ1v) is 6.61. The lowest BCUT2D eigenvalue weighted by Gasteiger charge is -2.24. The predicted octanol–water partition coefficient (Wildman–Crippen LogP) is 2.41. The molecule has 0 spiro atoms. The fourth-order valence-corrected chi connectivity index (χ4v) is 1.25. The van der Waals surface area contributed by atoms with Gasteiger partial charge >= 0.3 is 6.09 Å². The van der Waals surface area contributed by atoms with Gasteiger partial charge in [0.25, 0.3) is 0 Å². The number of carbonyl (C=O) groups excluding carboxylic acids is 2. The van der Waals surface area contributed by atoms with E-state index in [-0.39, 0.29) is 17.9 Å². The zero-order valence-electron chi connectivity index (χ0n) is 13.3. The highest BCUT2D eigenvalue weighted by molar-refractivity contribution is 5.82. The van der Waals surface area contributed by atoms with E-state index in [9.17, 15) is 9.59 Å². The van der Waals surface area contributed by atoms with Crippen molar-refractivity contribution in [2.75, 3.05) is 20.1 Å². The molecule has 0 aliphatic carbocycles. The van der Waals surface area contributed by atoms with Crippen molar-refractivity contribution >= 4 is 12.0 Å². The summed E-state index contributed by atoms with van der Waals surface area (Å²) >= 11 is 0. The van der Waals surface area contributed by atoms with Gasteiger partial charge in [-0.1, -0.05) is 20.8 Å². The summed E-state index contributed by atoms with van der Waals surface area (Å²) in [5, 5.41) is 2.80. The molecule has 0 saturated heterocycles. The standard InChI is InChI=1S/C14H28N2O3/c1-13(2,3)8-9-15-11(17)10-16(7)12(18)19-14(4,5)6/h8-10H2,1-7H3,(H,15,17). The zero-order chi connectivity index (χ0) is 15.3. The summed E-state index contributed by atoms with van der Waals surface area (Å²) in [4.78, 5) is 24.6. The SMILES string of the molecule is CN(CC(=O)NCCC(C)(C)C)C(=O)OC(C)(C)C. The summed E-state index contributed by atoms with van der Waals surface area (Å²) in [6, 6.07) is 0. The van der Waals surface area contributed by atoms with E-state index < -0.39 is 11.7 Å². The Balaban J connectivity index is 4.02. The molecule has 19 heavy (non-hydrogen) atoms. The summed E-state index contributed by atoms with van der Waals surface area (Å²) in [5.74, 6) is -0.169. The van der Waals surface area contributed by atoms with Crippen molar-refractivity contribution in [2.24, 2.45) is 5.41 Å². The average Bonchev–Trinajstić information content (AvgIpc) is 2.12. The van der Waals surface area contributed by atoms with E-state index in [0.29, 0.717) is 6.54 Å². The third kappa shape index (κ3) is 10.4. The zero-order valence-corrected chi connectivity index (χ0v) is 13.3. The van der Waals surface area contributed by atoms with E-state index in [1.807, 2.05) is 0 Å². The first kappa shape index (κ1) is 17.7. The Kier molecular flexibility index (Phi) is 6.33. The lowest BCUT2D eigenvalue weighted by molar-refractivity contribution is -0.122. The molecule has 5 nitrogen and oxygen atoms in total. The molecule has 0 atom stereocenters. The minimum Gasteiger partial charge on any atom is -0.444 e. The van der Waals surface area contributed by atoms with Gasteiger partial charge < -0.3 is 15.0 Å². The summed E-state index contributed by atoms with van der Waals surface area (Å²) < 4.78 is 5.17.